The van der Waals surface area contributed by atoms with E-state index in [1.807, 2.05) is 24.3 Å². The summed E-state index contributed by atoms with van der Waals surface area (Å²) in [6, 6.07) is 10.9. The Morgan fingerprint density at radius 2 is 1.83 bits per heavy atom. The molecule has 1 aromatic carbocycles. The Bertz CT molecular complexity index is 559. The summed E-state index contributed by atoms with van der Waals surface area (Å²) in [6.07, 6.45) is 5.47. The first kappa shape index (κ1) is 17.0. The van der Waals surface area contributed by atoms with Crippen LogP contribution in [0.4, 0.5) is 0 Å². The van der Waals surface area contributed by atoms with E-state index in [2.05, 4.69) is 10.6 Å². The van der Waals surface area contributed by atoms with Crippen molar-refractivity contribution in [3.63, 3.8) is 0 Å². The zero-order valence-electron chi connectivity index (χ0n) is 13.3. The highest BCUT2D eigenvalue weighted by atomic mass is 16.2. The van der Waals surface area contributed by atoms with E-state index in [1.54, 1.807) is 12.1 Å². The molecule has 5 heteroatoms. The lowest BCUT2D eigenvalue weighted by Gasteiger charge is -2.29. The minimum Gasteiger partial charge on any atom is -0.351 e. The number of hydrogen-bond acceptors (Lipinski definition) is 3. The SMILES string of the molecule is N#CCNC(=O)C(CNC(=O)c1ccccc1)C1CCCCC1. The van der Waals surface area contributed by atoms with Crippen molar-refractivity contribution in [3.8, 4) is 6.07 Å². The van der Waals surface area contributed by atoms with Crippen molar-refractivity contribution in [2.75, 3.05) is 13.1 Å². The Morgan fingerprint density at radius 1 is 1.13 bits per heavy atom. The van der Waals surface area contributed by atoms with Crippen molar-refractivity contribution in [1.82, 2.24) is 10.6 Å². The Labute approximate surface area is 137 Å². The van der Waals surface area contributed by atoms with Crippen LogP contribution in [-0.4, -0.2) is 24.9 Å². The molecule has 0 saturated heterocycles. The van der Waals surface area contributed by atoms with Gasteiger partial charge in [-0.2, -0.15) is 5.26 Å². The Kier molecular flexibility index (Phi) is 6.61. The molecule has 1 aliphatic carbocycles. The van der Waals surface area contributed by atoms with E-state index in [1.165, 1.54) is 6.42 Å². The molecule has 2 amide bonds. The summed E-state index contributed by atoms with van der Waals surface area (Å²) in [5.74, 6) is -0.291. The van der Waals surface area contributed by atoms with Gasteiger partial charge in [-0.3, -0.25) is 9.59 Å². The first-order valence-electron chi connectivity index (χ1n) is 8.20. The molecule has 1 aromatic rings. The summed E-state index contributed by atoms with van der Waals surface area (Å²) in [5.41, 5.74) is 0.590. The van der Waals surface area contributed by atoms with Gasteiger partial charge in [-0.05, 0) is 30.9 Å². The fourth-order valence-electron chi connectivity index (χ4n) is 3.16. The first-order chi connectivity index (χ1) is 11.2. The van der Waals surface area contributed by atoms with Crippen LogP contribution in [0.3, 0.4) is 0 Å². The summed E-state index contributed by atoms with van der Waals surface area (Å²) in [7, 11) is 0. The zero-order valence-corrected chi connectivity index (χ0v) is 13.3. The van der Waals surface area contributed by atoms with Crippen LogP contribution in [0, 0.1) is 23.2 Å². The number of nitrogens with zero attached hydrogens (tertiary/aromatic N) is 1. The molecule has 0 bridgehead atoms. The molecule has 0 aliphatic heterocycles. The summed E-state index contributed by atoms with van der Waals surface area (Å²) in [5, 5.41) is 14.2. The Morgan fingerprint density at radius 3 is 2.48 bits per heavy atom. The minimum atomic E-state index is -0.267. The van der Waals surface area contributed by atoms with Gasteiger partial charge in [-0.15, -0.1) is 0 Å². The second-order valence-electron chi connectivity index (χ2n) is 5.96. The predicted molar refractivity (Wildman–Crippen MR) is 87.5 cm³/mol. The van der Waals surface area contributed by atoms with E-state index in [4.69, 9.17) is 5.26 Å². The highest BCUT2D eigenvalue weighted by Gasteiger charge is 2.29. The van der Waals surface area contributed by atoms with Crippen molar-refractivity contribution in [1.29, 1.82) is 5.26 Å². The smallest absolute Gasteiger partial charge is 0.251 e. The lowest BCUT2D eigenvalue weighted by Crippen LogP contribution is -2.43. The molecular formula is C18H23N3O2. The minimum absolute atomic E-state index is 0.00862. The van der Waals surface area contributed by atoms with E-state index in [-0.39, 0.29) is 30.2 Å². The standard InChI is InChI=1S/C18H23N3O2/c19-11-12-20-18(23)16(14-7-3-1-4-8-14)13-21-17(22)15-9-5-2-6-10-15/h2,5-6,9-10,14,16H,1,3-4,7-8,12-13H2,(H,20,23)(H,21,22). The largest absolute Gasteiger partial charge is 0.351 e. The molecule has 0 aromatic heterocycles. The van der Waals surface area contributed by atoms with Crippen molar-refractivity contribution in [2.24, 2.45) is 11.8 Å². The summed E-state index contributed by atoms with van der Waals surface area (Å²) in [4.78, 5) is 24.5. The van der Waals surface area contributed by atoms with Gasteiger partial charge in [0.25, 0.3) is 5.91 Å². The molecule has 1 aliphatic rings. The quantitative estimate of drug-likeness (QED) is 0.790. The van der Waals surface area contributed by atoms with Gasteiger partial charge < -0.3 is 10.6 Å². The van der Waals surface area contributed by atoms with Crippen LogP contribution in [-0.2, 0) is 4.79 Å². The lowest BCUT2D eigenvalue weighted by atomic mass is 9.79. The summed E-state index contributed by atoms with van der Waals surface area (Å²) in [6.45, 7) is 0.324. The topological polar surface area (TPSA) is 82.0 Å². The third-order valence-electron chi connectivity index (χ3n) is 4.42. The maximum atomic E-state index is 12.3. The summed E-state index contributed by atoms with van der Waals surface area (Å²) >= 11 is 0. The van der Waals surface area contributed by atoms with Crippen LogP contribution in [0.15, 0.2) is 30.3 Å². The average molecular weight is 313 g/mol. The number of amides is 2. The van der Waals surface area contributed by atoms with Gasteiger partial charge in [-0.25, -0.2) is 0 Å². The molecule has 0 heterocycles. The normalized spacial score (nSPS) is 16.1. The molecule has 2 rings (SSSR count). The van der Waals surface area contributed by atoms with Gasteiger partial charge in [0.15, 0.2) is 0 Å². The van der Waals surface area contributed by atoms with Crippen LogP contribution in [0.1, 0.15) is 42.5 Å². The number of rotatable bonds is 6. The van der Waals surface area contributed by atoms with Crippen molar-refractivity contribution >= 4 is 11.8 Å². The maximum Gasteiger partial charge on any atom is 0.251 e. The zero-order chi connectivity index (χ0) is 16.5. The van der Waals surface area contributed by atoms with E-state index in [9.17, 15) is 9.59 Å². The summed E-state index contributed by atoms with van der Waals surface area (Å²) < 4.78 is 0. The van der Waals surface area contributed by atoms with Gasteiger partial charge in [-0.1, -0.05) is 37.5 Å². The van der Waals surface area contributed by atoms with Crippen molar-refractivity contribution in [3.05, 3.63) is 35.9 Å². The van der Waals surface area contributed by atoms with Gasteiger partial charge in [0.2, 0.25) is 5.91 Å². The van der Waals surface area contributed by atoms with Crippen LogP contribution >= 0.6 is 0 Å². The number of nitriles is 1. The van der Waals surface area contributed by atoms with Gasteiger partial charge >= 0.3 is 0 Å². The fraction of sp³-hybridized carbons (Fsp3) is 0.500. The van der Waals surface area contributed by atoms with E-state index in [0.717, 1.165) is 25.7 Å². The Hall–Kier alpha value is -2.35. The molecule has 0 spiro atoms. The highest BCUT2D eigenvalue weighted by molar-refractivity contribution is 5.94. The maximum absolute atomic E-state index is 12.3. The van der Waals surface area contributed by atoms with Crippen molar-refractivity contribution in [2.45, 2.75) is 32.1 Å². The second kappa shape index (κ2) is 8.94. The predicted octanol–water partition coefficient (Wildman–Crippen LogP) is 2.25. The molecule has 122 valence electrons. The van der Waals surface area contributed by atoms with Gasteiger partial charge in [0.05, 0.1) is 12.0 Å². The monoisotopic (exact) mass is 313 g/mol. The Balaban J connectivity index is 1.97. The third kappa shape index (κ3) is 5.10. The van der Waals surface area contributed by atoms with Crippen LogP contribution in [0.5, 0.6) is 0 Å². The number of nitrogens with one attached hydrogen (secondary N) is 2. The van der Waals surface area contributed by atoms with Crippen LogP contribution in [0.2, 0.25) is 0 Å². The van der Waals surface area contributed by atoms with Crippen molar-refractivity contribution < 1.29 is 9.59 Å². The molecule has 1 saturated carbocycles. The molecule has 0 radical (unpaired) electrons. The van der Waals surface area contributed by atoms with Crippen LogP contribution in [0.25, 0.3) is 0 Å². The molecule has 5 nitrogen and oxygen atoms in total. The molecule has 1 unspecified atom stereocenters. The highest BCUT2D eigenvalue weighted by Crippen LogP contribution is 2.30. The molecular weight excluding hydrogens is 290 g/mol. The second-order valence-corrected chi connectivity index (χ2v) is 5.96. The number of benzene rings is 1. The van der Waals surface area contributed by atoms with E-state index in [0.29, 0.717) is 12.1 Å². The molecule has 1 atom stereocenters. The number of carbonyl (C=O) groups is 2. The molecule has 1 fully saturated rings. The molecule has 23 heavy (non-hydrogen) atoms. The van der Waals surface area contributed by atoms with Gasteiger partial charge in [0.1, 0.15) is 6.54 Å². The van der Waals surface area contributed by atoms with Crippen LogP contribution < -0.4 is 10.6 Å². The number of carbonyl (C=O) groups excluding carboxylic acids is 2. The van der Waals surface area contributed by atoms with E-state index < -0.39 is 0 Å². The molecule has 2 N–H and O–H groups in total. The third-order valence-corrected chi connectivity index (χ3v) is 4.42. The van der Waals surface area contributed by atoms with Gasteiger partial charge in [0, 0.05) is 12.1 Å². The lowest BCUT2D eigenvalue weighted by molar-refractivity contribution is -0.126. The fourth-order valence-corrected chi connectivity index (χ4v) is 3.16. The van der Waals surface area contributed by atoms with E-state index >= 15 is 0 Å². The average Bonchev–Trinajstić information content (AvgIpc) is 2.61. The first-order valence-corrected chi connectivity index (χ1v) is 8.20. The number of hydrogen-bond donors (Lipinski definition) is 2.